The monoisotopic (exact) mass is 244 g/mol. The lowest BCUT2D eigenvalue weighted by atomic mass is 10.3. The molecule has 1 N–H and O–H groups in total. The predicted molar refractivity (Wildman–Crippen MR) is 56.8 cm³/mol. The van der Waals surface area contributed by atoms with E-state index in [-0.39, 0.29) is 0 Å². The first-order chi connectivity index (χ1) is 6.27. The summed E-state index contributed by atoms with van der Waals surface area (Å²) in [7, 11) is 0. The van der Waals surface area contributed by atoms with Crippen LogP contribution in [0.2, 0.25) is 0 Å². The average Bonchev–Trinajstić information content (AvgIpc) is 2.17. The summed E-state index contributed by atoms with van der Waals surface area (Å²) in [5.74, 6) is 0.904. The maximum Gasteiger partial charge on any atom is 0.204 e. The minimum Gasteiger partial charge on any atom is -0.316 e. The summed E-state index contributed by atoms with van der Waals surface area (Å²) in [5, 5.41) is 1.12. The summed E-state index contributed by atoms with van der Waals surface area (Å²) in [6.45, 7) is 6.15. The van der Waals surface area contributed by atoms with Crippen LogP contribution in [-0.2, 0) is 0 Å². The summed E-state index contributed by atoms with van der Waals surface area (Å²) in [6.07, 6.45) is 0. The van der Waals surface area contributed by atoms with Crippen molar-refractivity contribution < 1.29 is 9.90 Å². The molecule has 0 saturated carbocycles. The lowest BCUT2D eigenvalue weighted by Gasteiger charge is -2.15. The van der Waals surface area contributed by atoms with Gasteiger partial charge in [-0.3, -0.25) is 0 Å². The standard InChI is InChI=1S/C10H14BrNO/c1-3-12(4-2)13-10-8-6-5-7-9(10)11/h5-8H,3-4H2,1-2H3/p+1. The van der Waals surface area contributed by atoms with E-state index in [1.54, 1.807) is 0 Å². The van der Waals surface area contributed by atoms with Crippen molar-refractivity contribution in [1.82, 2.24) is 0 Å². The van der Waals surface area contributed by atoms with Crippen LogP contribution in [0.15, 0.2) is 28.7 Å². The van der Waals surface area contributed by atoms with E-state index in [0.717, 1.165) is 28.4 Å². The zero-order valence-electron chi connectivity index (χ0n) is 8.01. The van der Waals surface area contributed by atoms with E-state index in [2.05, 4.69) is 29.8 Å². The van der Waals surface area contributed by atoms with Crippen LogP contribution >= 0.6 is 15.9 Å². The fraction of sp³-hybridized carbons (Fsp3) is 0.400. The molecule has 0 amide bonds. The Kier molecular flexibility index (Phi) is 4.25. The number of hydrogen-bond donors (Lipinski definition) is 1. The molecule has 1 aromatic rings. The molecular weight excluding hydrogens is 230 g/mol. The van der Waals surface area contributed by atoms with Crippen molar-refractivity contribution in [3.05, 3.63) is 28.7 Å². The van der Waals surface area contributed by atoms with Crippen molar-refractivity contribution in [2.45, 2.75) is 13.8 Å². The number of rotatable bonds is 4. The molecule has 72 valence electrons. The number of halogens is 1. The normalized spacial score (nSPS) is 10.5. The Hall–Kier alpha value is -0.540. The molecule has 1 rings (SSSR count). The maximum absolute atomic E-state index is 5.71. The van der Waals surface area contributed by atoms with Gasteiger partial charge >= 0.3 is 0 Å². The van der Waals surface area contributed by atoms with Gasteiger partial charge in [-0.1, -0.05) is 12.1 Å². The van der Waals surface area contributed by atoms with E-state index in [1.807, 2.05) is 24.3 Å². The molecule has 0 aliphatic rings. The molecule has 0 aliphatic carbocycles. The Morgan fingerprint density at radius 3 is 2.38 bits per heavy atom. The first-order valence-electron chi connectivity index (χ1n) is 4.55. The first kappa shape index (κ1) is 10.5. The Morgan fingerprint density at radius 2 is 1.85 bits per heavy atom. The second-order valence-corrected chi connectivity index (χ2v) is 3.63. The molecule has 0 radical (unpaired) electrons. The van der Waals surface area contributed by atoms with Crippen LogP contribution in [0.3, 0.4) is 0 Å². The fourth-order valence-corrected chi connectivity index (χ4v) is 1.44. The molecule has 0 atom stereocenters. The molecule has 0 aliphatic heterocycles. The Morgan fingerprint density at radius 1 is 1.23 bits per heavy atom. The van der Waals surface area contributed by atoms with Gasteiger partial charge in [0.25, 0.3) is 0 Å². The minimum atomic E-state index is 0.904. The third-order valence-electron chi connectivity index (χ3n) is 1.88. The second-order valence-electron chi connectivity index (χ2n) is 2.78. The Bertz CT molecular complexity index is 261. The summed E-state index contributed by atoms with van der Waals surface area (Å²) in [5.41, 5.74) is 0. The largest absolute Gasteiger partial charge is 0.316 e. The molecular formula is C10H15BrNO+. The van der Waals surface area contributed by atoms with E-state index in [9.17, 15) is 0 Å². The molecule has 0 bridgehead atoms. The van der Waals surface area contributed by atoms with Crippen molar-refractivity contribution in [2.24, 2.45) is 0 Å². The van der Waals surface area contributed by atoms with Crippen LogP contribution in [0.5, 0.6) is 5.75 Å². The van der Waals surface area contributed by atoms with E-state index in [1.165, 1.54) is 0 Å². The second kappa shape index (κ2) is 5.25. The van der Waals surface area contributed by atoms with Gasteiger partial charge in [0.1, 0.15) is 13.1 Å². The van der Waals surface area contributed by atoms with Gasteiger partial charge in [0.2, 0.25) is 5.75 Å². The van der Waals surface area contributed by atoms with Gasteiger partial charge < -0.3 is 4.84 Å². The van der Waals surface area contributed by atoms with Gasteiger partial charge in [0, 0.05) is 0 Å². The molecule has 0 saturated heterocycles. The Balaban J connectivity index is 2.67. The number of hydroxylamine groups is 2. The van der Waals surface area contributed by atoms with Crippen molar-refractivity contribution in [3.63, 3.8) is 0 Å². The SMILES string of the molecule is CC[NH+](CC)Oc1ccccc1Br. The van der Waals surface area contributed by atoms with Crippen LogP contribution in [0.25, 0.3) is 0 Å². The molecule has 1 aromatic carbocycles. The topological polar surface area (TPSA) is 13.7 Å². The number of benzene rings is 1. The van der Waals surface area contributed by atoms with Crippen molar-refractivity contribution in [1.29, 1.82) is 0 Å². The van der Waals surface area contributed by atoms with Crippen molar-refractivity contribution >= 4 is 15.9 Å². The number of hydrogen-bond acceptors (Lipinski definition) is 1. The predicted octanol–water partition coefficient (Wildman–Crippen LogP) is 1.67. The molecule has 0 aromatic heterocycles. The van der Waals surface area contributed by atoms with Crippen LogP contribution in [0.4, 0.5) is 0 Å². The smallest absolute Gasteiger partial charge is 0.204 e. The van der Waals surface area contributed by atoms with Gasteiger partial charge in [-0.2, -0.15) is 0 Å². The van der Waals surface area contributed by atoms with Gasteiger partial charge in [0.15, 0.2) is 0 Å². The lowest BCUT2D eigenvalue weighted by Crippen LogP contribution is -3.13. The van der Waals surface area contributed by atoms with Gasteiger partial charge in [-0.15, -0.1) is 5.06 Å². The van der Waals surface area contributed by atoms with E-state index in [0.29, 0.717) is 0 Å². The summed E-state index contributed by atoms with van der Waals surface area (Å²) in [6, 6.07) is 7.91. The molecule has 0 unspecified atom stereocenters. The maximum atomic E-state index is 5.71. The fourth-order valence-electron chi connectivity index (χ4n) is 1.08. The van der Waals surface area contributed by atoms with Crippen molar-refractivity contribution in [3.8, 4) is 5.75 Å². The zero-order chi connectivity index (χ0) is 9.68. The van der Waals surface area contributed by atoms with Gasteiger partial charge in [0.05, 0.1) is 4.47 Å². The molecule has 0 heterocycles. The van der Waals surface area contributed by atoms with Crippen LogP contribution < -0.4 is 9.90 Å². The molecule has 0 spiro atoms. The third-order valence-corrected chi connectivity index (χ3v) is 2.53. The first-order valence-corrected chi connectivity index (χ1v) is 5.34. The van der Waals surface area contributed by atoms with E-state index in [4.69, 9.17) is 4.84 Å². The molecule has 13 heavy (non-hydrogen) atoms. The highest BCUT2D eigenvalue weighted by molar-refractivity contribution is 9.10. The van der Waals surface area contributed by atoms with Gasteiger partial charge in [-0.25, -0.2) is 0 Å². The van der Waals surface area contributed by atoms with Crippen molar-refractivity contribution in [2.75, 3.05) is 13.1 Å². The van der Waals surface area contributed by atoms with Crippen LogP contribution in [-0.4, -0.2) is 13.1 Å². The van der Waals surface area contributed by atoms with E-state index >= 15 is 0 Å². The van der Waals surface area contributed by atoms with E-state index < -0.39 is 0 Å². The lowest BCUT2D eigenvalue weighted by molar-refractivity contribution is -1.06. The Labute approximate surface area is 87.6 Å². The zero-order valence-corrected chi connectivity index (χ0v) is 9.60. The minimum absolute atomic E-state index is 0.904. The third kappa shape index (κ3) is 3.01. The quantitative estimate of drug-likeness (QED) is 0.796. The summed E-state index contributed by atoms with van der Waals surface area (Å²) < 4.78 is 1.01. The molecule has 0 fully saturated rings. The highest BCUT2D eigenvalue weighted by Crippen LogP contribution is 2.22. The van der Waals surface area contributed by atoms with Gasteiger partial charge in [-0.05, 0) is 41.9 Å². The summed E-state index contributed by atoms with van der Waals surface area (Å²) in [4.78, 5) is 5.71. The average molecular weight is 245 g/mol. The number of quaternary nitrogens is 1. The summed E-state index contributed by atoms with van der Waals surface area (Å²) >= 11 is 3.44. The molecule has 2 nitrogen and oxygen atoms in total. The van der Waals surface area contributed by atoms with Crippen LogP contribution in [0, 0.1) is 0 Å². The molecule has 3 heteroatoms. The number of para-hydroxylation sites is 1. The highest BCUT2D eigenvalue weighted by Gasteiger charge is 2.07. The van der Waals surface area contributed by atoms with Crippen LogP contribution in [0.1, 0.15) is 13.8 Å². The number of nitrogens with one attached hydrogen (secondary N) is 1. The highest BCUT2D eigenvalue weighted by atomic mass is 79.9.